The minimum Gasteiger partial charge on any atom is -0.458 e. The second-order valence-corrected chi connectivity index (χ2v) is 7.67. The predicted molar refractivity (Wildman–Crippen MR) is 105 cm³/mol. The first-order valence-corrected chi connectivity index (χ1v) is 9.47. The lowest BCUT2D eigenvalue weighted by Gasteiger charge is -2.41. The van der Waals surface area contributed by atoms with Gasteiger partial charge in [-0.25, -0.2) is 9.78 Å². The standard InChI is InChI=1S/C19H20BrN3O4/c1-12-10-22(17-9-15(23(25)26)8-16(20)21-17)11-13(2)18(12)27-19(24)14-6-4-3-5-7-14/h3-9,12-13,18H,10-11H2,1-2H3/t12-,13+,18?. The number of anilines is 1. The minimum absolute atomic E-state index is 0.00944. The molecule has 0 aliphatic carbocycles. The van der Waals surface area contributed by atoms with Crippen molar-refractivity contribution in [3.05, 3.63) is 62.7 Å². The van der Waals surface area contributed by atoms with Crippen LogP contribution in [0.25, 0.3) is 0 Å². The van der Waals surface area contributed by atoms with E-state index >= 15 is 0 Å². The summed E-state index contributed by atoms with van der Waals surface area (Å²) < 4.78 is 6.19. The van der Waals surface area contributed by atoms with Gasteiger partial charge in [0.15, 0.2) is 0 Å². The number of nitrogens with zero attached hydrogens (tertiary/aromatic N) is 3. The van der Waals surface area contributed by atoms with Crippen LogP contribution in [0.1, 0.15) is 24.2 Å². The molecule has 2 heterocycles. The first-order valence-electron chi connectivity index (χ1n) is 8.68. The van der Waals surface area contributed by atoms with Crippen LogP contribution in [0, 0.1) is 22.0 Å². The Labute approximate surface area is 165 Å². The number of esters is 1. The van der Waals surface area contributed by atoms with Crippen molar-refractivity contribution in [3.63, 3.8) is 0 Å². The van der Waals surface area contributed by atoms with E-state index < -0.39 is 4.92 Å². The van der Waals surface area contributed by atoms with Gasteiger partial charge in [-0.05, 0) is 28.1 Å². The van der Waals surface area contributed by atoms with E-state index in [-0.39, 0.29) is 29.6 Å². The molecule has 0 spiro atoms. The molecule has 3 atom stereocenters. The summed E-state index contributed by atoms with van der Waals surface area (Å²) in [7, 11) is 0. The molecule has 1 aromatic carbocycles. The summed E-state index contributed by atoms with van der Waals surface area (Å²) in [6.45, 7) is 5.21. The van der Waals surface area contributed by atoms with Gasteiger partial charge >= 0.3 is 5.97 Å². The first kappa shape index (κ1) is 19.3. The third-order valence-electron chi connectivity index (χ3n) is 4.69. The molecule has 3 rings (SSSR count). The molecule has 7 nitrogen and oxygen atoms in total. The van der Waals surface area contributed by atoms with Crippen molar-refractivity contribution in [1.29, 1.82) is 0 Å². The molecule has 8 heteroatoms. The van der Waals surface area contributed by atoms with Crippen molar-refractivity contribution in [2.45, 2.75) is 20.0 Å². The number of carbonyl (C=O) groups excluding carboxylic acids is 1. The van der Waals surface area contributed by atoms with Crippen molar-refractivity contribution in [2.24, 2.45) is 11.8 Å². The van der Waals surface area contributed by atoms with E-state index in [9.17, 15) is 14.9 Å². The monoisotopic (exact) mass is 433 g/mol. The maximum Gasteiger partial charge on any atom is 0.338 e. The number of benzene rings is 1. The Balaban J connectivity index is 1.74. The fourth-order valence-electron chi connectivity index (χ4n) is 3.46. The molecule has 1 aromatic heterocycles. The van der Waals surface area contributed by atoms with Gasteiger partial charge in [-0.3, -0.25) is 10.1 Å². The zero-order valence-corrected chi connectivity index (χ0v) is 16.6. The SMILES string of the molecule is C[C@@H]1CN(c2cc([N+](=O)[O-])cc(Br)n2)C[C@H](C)C1OC(=O)c1ccccc1. The van der Waals surface area contributed by atoms with Crippen LogP contribution in [0.3, 0.4) is 0 Å². The number of piperidine rings is 1. The summed E-state index contributed by atoms with van der Waals surface area (Å²) in [5.74, 6) is 0.328. The van der Waals surface area contributed by atoms with Crippen LogP contribution in [0.15, 0.2) is 47.1 Å². The second-order valence-electron chi connectivity index (χ2n) is 6.86. The van der Waals surface area contributed by atoms with E-state index in [0.29, 0.717) is 29.1 Å². The molecule has 0 bridgehead atoms. The molecule has 1 aliphatic heterocycles. The Bertz CT molecular complexity index is 834. The minimum atomic E-state index is -0.433. The average molecular weight is 434 g/mol. The predicted octanol–water partition coefficient (Wildman–Crippen LogP) is 4.07. The van der Waals surface area contributed by atoms with Gasteiger partial charge < -0.3 is 9.64 Å². The van der Waals surface area contributed by atoms with Crippen LogP contribution in [0.2, 0.25) is 0 Å². The van der Waals surface area contributed by atoms with Crippen molar-refractivity contribution in [1.82, 2.24) is 4.98 Å². The number of carbonyl (C=O) groups is 1. The summed E-state index contributed by atoms with van der Waals surface area (Å²) >= 11 is 3.24. The third kappa shape index (κ3) is 4.44. The van der Waals surface area contributed by atoms with Crippen molar-refractivity contribution < 1.29 is 14.5 Å². The molecule has 1 saturated heterocycles. The van der Waals surface area contributed by atoms with E-state index in [1.165, 1.54) is 12.1 Å². The van der Waals surface area contributed by atoms with Gasteiger partial charge in [0.1, 0.15) is 16.5 Å². The fraction of sp³-hybridized carbons (Fsp3) is 0.368. The van der Waals surface area contributed by atoms with Crippen LogP contribution in [0.5, 0.6) is 0 Å². The zero-order valence-electron chi connectivity index (χ0n) is 15.0. The normalized spacial score (nSPS) is 22.3. The van der Waals surface area contributed by atoms with Crippen LogP contribution in [-0.2, 0) is 4.74 Å². The van der Waals surface area contributed by atoms with Crippen molar-refractivity contribution >= 4 is 33.4 Å². The van der Waals surface area contributed by atoms with E-state index in [4.69, 9.17) is 4.74 Å². The van der Waals surface area contributed by atoms with E-state index in [1.807, 2.05) is 24.8 Å². The number of hydrogen-bond acceptors (Lipinski definition) is 6. The number of rotatable bonds is 4. The van der Waals surface area contributed by atoms with Crippen LogP contribution in [0.4, 0.5) is 11.5 Å². The number of hydrogen-bond donors (Lipinski definition) is 0. The Morgan fingerprint density at radius 1 is 1.22 bits per heavy atom. The van der Waals surface area contributed by atoms with Gasteiger partial charge in [0.25, 0.3) is 5.69 Å². The van der Waals surface area contributed by atoms with Crippen LogP contribution in [-0.4, -0.2) is 35.1 Å². The summed E-state index contributed by atoms with van der Waals surface area (Å²) in [6.07, 6.45) is -0.226. The number of nitro groups is 1. The second kappa shape index (κ2) is 8.04. The molecule has 1 fully saturated rings. The van der Waals surface area contributed by atoms with Crippen molar-refractivity contribution in [3.8, 4) is 0 Å². The fourth-order valence-corrected chi connectivity index (χ4v) is 3.88. The molecule has 1 unspecified atom stereocenters. The number of halogens is 1. The lowest BCUT2D eigenvalue weighted by atomic mass is 9.88. The molecule has 0 amide bonds. The zero-order chi connectivity index (χ0) is 19.6. The highest BCUT2D eigenvalue weighted by atomic mass is 79.9. The van der Waals surface area contributed by atoms with Crippen LogP contribution < -0.4 is 4.90 Å². The first-order chi connectivity index (χ1) is 12.8. The Hall–Kier alpha value is -2.48. The number of pyridine rings is 1. The molecule has 0 saturated carbocycles. The third-order valence-corrected chi connectivity index (χ3v) is 5.10. The largest absolute Gasteiger partial charge is 0.458 e. The molecular weight excluding hydrogens is 414 g/mol. The Morgan fingerprint density at radius 3 is 2.44 bits per heavy atom. The summed E-state index contributed by atoms with van der Waals surface area (Å²) in [4.78, 5) is 29.4. The molecule has 142 valence electrons. The average Bonchev–Trinajstić information content (AvgIpc) is 2.64. The maximum atomic E-state index is 12.4. The van der Waals surface area contributed by atoms with Gasteiger partial charge in [-0.2, -0.15) is 0 Å². The van der Waals surface area contributed by atoms with E-state index in [0.717, 1.165) is 0 Å². The lowest BCUT2D eigenvalue weighted by Crippen LogP contribution is -2.49. The number of aromatic nitrogens is 1. The van der Waals surface area contributed by atoms with Crippen molar-refractivity contribution in [2.75, 3.05) is 18.0 Å². The molecular formula is C19H20BrN3O4. The highest BCUT2D eigenvalue weighted by Crippen LogP contribution is 2.31. The molecule has 2 aromatic rings. The Morgan fingerprint density at radius 2 is 1.85 bits per heavy atom. The van der Waals surface area contributed by atoms with Crippen LogP contribution >= 0.6 is 15.9 Å². The maximum absolute atomic E-state index is 12.4. The van der Waals surface area contributed by atoms with Gasteiger partial charge in [0.05, 0.1) is 16.6 Å². The van der Waals surface area contributed by atoms with Gasteiger partial charge in [-0.15, -0.1) is 0 Å². The smallest absolute Gasteiger partial charge is 0.338 e. The lowest BCUT2D eigenvalue weighted by molar-refractivity contribution is -0.384. The number of ether oxygens (including phenoxy) is 1. The van der Waals surface area contributed by atoms with Gasteiger partial charge in [0, 0.05) is 31.0 Å². The Kier molecular flexibility index (Phi) is 5.74. The summed E-state index contributed by atoms with van der Waals surface area (Å²) in [6, 6.07) is 11.8. The van der Waals surface area contributed by atoms with Gasteiger partial charge in [-0.1, -0.05) is 32.0 Å². The molecule has 0 N–H and O–H groups in total. The highest BCUT2D eigenvalue weighted by Gasteiger charge is 2.36. The van der Waals surface area contributed by atoms with E-state index in [1.54, 1.807) is 24.3 Å². The molecule has 27 heavy (non-hydrogen) atoms. The quantitative estimate of drug-likeness (QED) is 0.312. The summed E-state index contributed by atoms with van der Waals surface area (Å²) in [5.41, 5.74) is 0.522. The highest BCUT2D eigenvalue weighted by molar-refractivity contribution is 9.10. The topological polar surface area (TPSA) is 85.6 Å². The van der Waals surface area contributed by atoms with Gasteiger partial charge in [0.2, 0.25) is 0 Å². The molecule has 1 aliphatic rings. The molecule has 0 radical (unpaired) electrons. The summed E-state index contributed by atoms with van der Waals surface area (Å²) in [5, 5.41) is 11.1. The van der Waals surface area contributed by atoms with E-state index in [2.05, 4.69) is 20.9 Å².